The van der Waals surface area contributed by atoms with E-state index in [1.165, 1.54) is 4.88 Å². The van der Waals surface area contributed by atoms with Gasteiger partial charge in [-0.15, -0.1) is 11.3 Å². The fraction of sp³-hybridized carbons (Fsp3) is 0.667. The average Bonchev–Trinajstić information content (AvgIpc) is 2.29. The summed E-state index contributed by atoms with van der Waals surface area (Å²) < 4.78 is 0. The number of hydrogen-bond donors (Lipinski definition) is 1. The molecule has 1 aromatic rings. The Kier molecular flexibility index (Phi) is 3.23. The summed E-state index contributed by atoms with van der Waals surface area (Å²) in [6.45, 7) is 5.95. The molecule has 2 nitrogen and oxygen atoms in total. The van der Waals surface area contributed by atoms with E-state index in [0.717, 1.165) is 17.1 Å². The van der Waals surface area contributed by atoms with Crippen molar-refractivity contribution in [1.29, 1.82) is 0 Å². The van der Waals surface area contributed by atoms with Crippen LogP contribution < -0.4 is 0 Å². The molecule has 0 aliphatic rings. The van der Waals surface area contributed by atoms with Crippen molar-refractivity contribution < 1.29 is 5.11 Å². The van der Waals surface area contributed by atoms with Crippen LogP contribution in [0.15, 0.2) is 0 Å². The van der Waals surface area contributed by atoms with E-state index in [-0.39, 0.29) is 6.10 Å². The molecular formula is C9H15NOS. The highest BCUT2D eigenvalue weighted by Crippen LogP contribution is 2.19. The Labute approximate surface area is 77.3 Å². The number of aryl methyl sites for hydroxylation is 2. The highest BCUT2D eigenvalue weighted by molar-refractivity contribution is 7.11. The van der Waals surface area contributed by atoms with E-state index in [9.17, 15) is 0 Å². The van der Waals surface area contributed by atoms with Crippen molar-refractivity contribution in [3.63, 3.8) is 0 Å². The Morgan fingerprint density at radius 3 is 2.67 bits per heavy atom. The van der Waals surface area contributed by atoms with E-state index in [2.05, 4.69) is 11.9 Å². The molecular weight excluding hydrogens is 170 g/mol. The van der Waals surface area contributed by atoms with Gasteiger partial charge in [-0.25, -0.2) is 4.98 Å². The van der Waals surface area contributed by atoms with Gasteiger partial charge in [-0.1, -0.05) is 6.92 Å². The minimum atomic E-state index is -0.278. The van der Waals surface area contributed by atoms with E-state index in [0.29, 0.717) is 6.42 Å². The van der Waals surface area contributed by atoms with Gasteiger partial charge < -0.3 is 5.11 Å². The molecule has 0 bridgehead atoms. The van der Waals surface area contributed by atoms with Crippen molar-refractivity contribution in [2.24, 2.45) is 0 Å². The minimum Gasteiger partial charge on any atom is -0.393 e. The molecule has 12 heavy (non-hydrogen) atoms. The number of nitrogens with zero attached hydrogens (tertiary/aromatic N) is 1. The van der Waals surface area contributed by atoms with Gasteiger partial charge in [0.25, 0.3) is 0 Å². The van der Waals surface area contributed by atoms with Crippen LogP contribution in [0.5, 0.6) is 0 Å². The molecule has 0 saturated heterocycles. The van der Waals surface area contributed by atoms with Gasteiger partial charge in [-0.2, -0.15) is 0 Å². The molecule has 0 spiro atoms. The first kappa shape index (κ1) is 9.68. The zero-order valence-corrected chi connectivity index (χ0v) is 8.61. The van der Waals surface area contributed by atoms with Crippen LogP contribution in [0.1, 0.15) is 29.4 Å². The Morgan fingerprint density at radius 1 is 1.58 bits per heavy atom. The molecule has 1 N–H and O–H groups in total. The molecule has 1 atom stereocenters. The lowest BCUT2D eigenvalue weighted by Crippen LogP contribution is -2.03. The molecule has 0 aliphatic heterocycles. The summed E-state index contributed by atoms with van der Waals surface area (Å²) in [4.78, 5) is 5.72. The summed E-state index contributed by atoms with van der Waals surface area (Å²) >= 11 is 1.72. The fourth-order valence-corrected chi connectivity index (χ4v) is 2.29. The van der Waals surface area contributed by atoms with Gasteiger partial charge in [0.05, 0.1) is 16.8 Å². The molecule has 68 valence electrons. The standard InChI is InChI=1S/C9H15NOS/c1-4-8-7(3)10-9(12-8)5-6(2)11/h6,11H,4-5H2,1-3H3. The zero-order valence-electron chi connectivity index (χ0n) is 7.79. The SMILES string of the molecule is CCc1sc(CC(C)O)nc1C. The van der Waals surface area contributed by atoms with Gasteiger partial charge >= 0.3 is 0 Å². The number of aliphatic hydroxyl groups excluding tert-OH is 1. The van der Waals surface area contributed by atoms with E-state index in [1.54, 1.807) is 18.3 Å². The quantitative estimate of drug-likeness (QED) is 0.780. The Bertz CT molecular complexity index is 255. The molecule has 0 fully saturated rings. The first-order valence-electron chi connectivity index (χ1n) is 4.26. The van der Waals surface area contributed by atoms with E-state index < -0.39 is 0 Å². The molecule has 0 aliphatic carbocycles. The molecule has 0 aromatic carbocycles. The highest BCUT2D eigenvalue weighted by Gasteiger charge is 2.07. The molecule has 3 heteroatoms. The summed E-state index contributed by atoms with van der Waals surface area (Å²) in [7, 11) is 0. The third-order valence-corrected chi connectivity index (χ3v) is 3.05. The second-order valence-corrected chi connectivity index (χ2v) is 4.19. The van der Waals surface area contributed by atoms with Crippen molar-refractivity contribution in [3.8, 4) is 0 Å². The maximum Gasteiger partial charge on any atom is 0.0956 e. The molecule has 1 aromatic heterocycles. The molecule has 0 amide bonds. The van der Waals surface area contributed by atoms with E-state index in [1.807, 2.05) is 6.92 Å². The van der Waals surface area contributed by atoms with Crippen LogP contribution in [0.25, 0.3) is 0 Å². The fourth-order valence-electron chi connectivity index (χ4n) is 1.16. The van der Waals surface area contributed by atoms with Gasteiger partial charge in [0.1, 0.15) is 0 Å². The Hall–Kier alpha value is -0.410. The van der Waals surface area contributed by atoms with Gasteiger partial charge in [-0.05, 0) is 20.3 Å². The first-order chi connectivity index (χ1) is 5.63. The number of aliphatic hydroxyl groups is 1. The number of hydrogen-bond acceptors (Lipinski definition) is 3. The lowest BCUT2D eigenvalue weighted by Gasteiger charge is -1.97. The number of rotatable bonds is 3. The van der Waals surface area contributed by atoms with E-state index >= 15 is 0 Å². The smallest absolute Gasteiger partial charge is 0.0956 e. The second-order valence-electron chi connectivity index (χ2n) is 3.02. The molecule has 1 heterocycles. The van der Waals surface area contributed by atoms with Crippen LogP contribution in [0, 0.1) is 6.92 Å². The largest absolute Gasteiger partial charge is 0.393 e. The van der Waals surface area contributed by atoms with Crippen LogP contribution in [-0.4, -0.2) is 16.2 Å². The molecule has 1 rings (SSSR count). The molecule has 0 radical (unpaired) electrons. The highest BCUT2D eigenvalue weighted by atomic mass is 32.1. The Morgan fingerprint density at radius 2 is 2.25 bits per heavy atom. The van der Waals surface area contributed by atoms with Crippen molar-refractivity contribution in [2.45, 2.75) is 39.7 Å². The van der Waals surface area contributed by atoms with Crippen molar-refractivity contribution in [2.75, 3.05) is 0 Å². The summed E-state index contributed by atoms with van der Waals surface area (Å²) in [5.74, 6) is 0. The van der Waals surface area contributed by atoms with Crippen molar-refractivity contribution in [3.05, 3.63) is 15.6 Å². The van der Waals surface area contributed by atoms with Gasteiger partial charge in [0, 0.05) is 11.3 Å². The molecule has 1 unspecified atom stereocenters. The van der Waals surface area contributed by atoms with Crippen LogP contribution >= 0.6 is 11.3 Å². The predicted molar refractivity (Wildman–Crippen MR) is 51.6 cm³/mol. The molecule has 0 saturated carbocycles. The van der Waals surface area contributed by atoms with Crippen LogP contribution in [0.4, 0.5) is 0 Å². The van der Waals surface area contributed by atoms with Gasteiger partial charge in [0.15, 0.2) is 0 Å². The number of thiazole rings is 1. The third kappa shape index (κ3) is 2.29. The van der Waals surface area contributed by atoms with Crippen molar-refractivity contribution >= 4 is 11.3 Å². The first-order valence-corrected chi connectivity index (χ1v) is 5.08. The van der Waals surface area contributed by atoms with Crippen LogP contribution in [0.2, 0.25) is 0 Å². The minimum absolute atomic E-state index is 0.278. The zero-order chi connectivity index (χ0) is 9.14. The van der Waals surface area contributed by atoms with Crippen LogP contribution in [0.3, 0.4) is 0 Å². The Balaban J connectivity index is 2.75. The summed E-state index contributed by atoms with van der Waals surface area (Å²) in [5.41, 5.74) is 1.12. The van der Waals surface area contributed by atoms with Gasteiger partial charge in [-0.3, -0.25) is 0 Å². The summed E-state index contributed by atoms with van der Waals surface area (Å²) in [5, 5.41) is 10.2. The summed E-state index contributed by atoms with van der Waals surface area (Å²) in [6, 6.07) is 0. The maximum atomic E-state index is 9.15. The maximum absolute atomic E-state index is 9.15. The lowest BCUT2D eigenvalue weighted by molar-refractivity contribution is 0.195. The lowest BCUT2D eigenvalue weighted by atomic mass is 10.3. The normalized spacial score (nSPS) is 13.3. The second kappa shape index (κ2) is 4.01. The average molecular weight is 185 g/mol. The monoisotopic (exact) mass is 185 g/mol. The topological polar surface area (TPSA) is 33.1 Å². The summed E-state index contributed by atoms with van der Waals surface area (Å²) in [6.07, 6.45) is 1.45. The number of aromatic nitrogens is 1. The van der Waals surface area contributed by atoms with Crippen molar-refractivity contribution in [1.82, 2.24) is 4.98 Å². The van der Waals surface area contributed by atoms with Crippen LogP contribution in [-0.2, 0) is 12.8 Å². The predicted octanol–water partition coefficient (Wildman–Crippen LogP) is 1.94. The third-order valence-electron chi connectivity index (χ3n) is 1.73. The van der Waals surface area contributed by atoms with E-state index in [4.69, 9.17) is 5.11 Å². The van der Waals surface area contributed by atoms with Gasteiger partial charge in [0.2, 0.25) is 0 Å².